The second-order valence-electron chi connectivity index (χ2n) is 9.29. The first-order chi connectivity index (χ1) is 18.3. The minimum Gasteiger partial charge on any atom is -0.481 e. The van der Waals surface area contributed by atoms with E-state index in [2.05, 4.69) is 20.3 Å². The van der Waals surface area contributed by atoms with Gasteiger partial charge in [0, 0.05) is 48.4 Å². The standard InChI is InChI=1S/C28H27N5O5/c1-16-3-5-19(15-30-16)38-25-12-18-11-23(32-22(18)13-20(25)24-7-8-26(34)33(24)2)21-6-4-17(14-31-21)28(37)29-10-9-27(35)36/h3-6,11-15,24,32H,7-10H2,1-2H3,(H,29,37)(H,35,36). The molecule has 3 N–H and O–H groups in total. The third-order valence-corrected chi connectivity index (χ3v) is 6.64. The zero-order valence-electron chi connectivity index (χ0n) is 21.0. The van der Waals surface area contributed by atoms with E-state index in [4.69, 9.17) is 9.84 Å². The first-order valence-electron chi connectivity index (χ1n) is 12.3. The van der Waals surface area contributed by atoms with E-state index in [-0.39, 0.29) is 30.8 Å². The second-order valence-corrected chi connectivity index (χ2v) is 9.29. The number of H-pyrrole nitrogens is 1. The summed E-state index contributed by atoms with van der Waals surface area (Å²) in [6, 6.07) is 12.9. The Bertz CT molecular complexity index is 1510. The highest BCUT2D eigenvalue weighted by molar-refractivity contribution is 5.94. The Labute approximate surface area is 218 Å². The maximum atomic E-state index is 12.3. The first-order valence-corrected chi connectivity index (χ1v) is 12.3. The number of aryl methyl sites for hydroxylation is 1. The zero-order chi connectivity index (χ0) is 26.8. The van der Waals surface area contributed by atoms with Crippen molar-refractivity contribution in [2.45, 2.75) is 32.2 Å². The molecule has 1 saturated heterocycles. The van der Waals surface area contributed by atoms with Crippen LogP contribution in [0.4, 0.5) is 0 Å². The van der Waals surface area contributed by atoms with Gasteiger partial charge in [-0.25, -0.2) is 0 Å². The number of ether oxygens (including phenoxy) is 1. The van der Waals surface area contributed by atoms with E-state index in [1.165, 1.54) is 6.20 Å². The summed E-state index contributed by atoms with van der Waals surface area (Å²) in [5.74, 6) is 0.00568. The molecule has 38 heavy (non-hydrogen) atoms. The van der Waals surface area contributed by atoms with Crippen LogP contribution in [0.25, 0.3) is 22.3 Å². The molecule has 1 atom stereocenters. The number of fused-ring (bicyclic) bond motifs is 1. The lowest BCUT2D eigenvalue weighted by atomic mass is 10.0. The maximum absolute atomic E-state index is 12.3. The Morgan fingerprint density at radius 2 is 2.00 bits per heavy atom. The van der Waals surface area contributed by atoms with Crippen LogP contribution in [0.3, 0.4) is 0 Å². The number of carboxylic acid groups (broad SMARTS) is 1. The number of carboxylic acids is 1. The fourth-order valence-corrected chi connectivity index (χ4v) is 4.55. The molecule has 10 heteroatoms. The van der Waals surface area contributed by atoms with Crippen LogP contribution in [-0.2, 0) is 9.59 Å². The second kappa shape index (κ2) is 10.3. The molecule has 194 valence electrons. The Morgan fingerprint density at radius 1 is 1.16 bits per heavy atom. The fourth-order valence-electron chi connectivity index (χ4n) is 4.55. The quantitative estimate of drug-likeness (QED) is 0.321. The van der Waals surface area contributed by atoms with E-state index in [9.17, 15) is 14.4 Å². The number of aromatic amines is 1. The molecule has 0 aliphatic carbocycles. The van der Waals surface area contributed by atoms with Crippen LogP contribution in [0.5, 0.6) is 11.5 Å². The molecule has 1 fully saturated rings. The molecule has 2 amide bonds. The predicted molar refractivity (Wildman–Crippen MR) is 140 cm³/mol. The molecular weight excluding hydrogens is 486 g/mol. The minimum absolute atomic E-state index is 0.0467. The third-order valence-electron chi connectivity index (χ3n) is 6.64. The van der Waals surface area contributed by atoms with Crippen LogP contribution in [0.2, 0.25) is 0 Å². The lowest BCUT2D eigenvalue weighted by molar-refractivity contribution is -0.136. The van der Waals surface area contributed by atoms with Gasteiger partial charge in [-0.3, -0.25) is 24.4 Å². The Balaban J connectivity index is 1.45. The number of hydrogen-bond donors (Lipinski definition) is 3. The fraction of sp³-hybridized carbons (Fsp3) is 0.250. The van der Waals surface area contributed by atoms with Crippen molar-refractivity contribution in [1.29, 1.82) is 0 Å². The molecule has 1 unspecified atom stereocenters. The van der Waals surface area contributed by atoms with Crippen molar-refractivity contribution in [3.05, 3.63) is 71.7 Å². The van der Waals surface area contributed by atoms with E-state index in [0.717, 1.165) is 27.9 Å². The molecule has 4 aromatic rings. The van der Waals surface area contributed by atoms with Crippen molar-refractivity contribution in [1.82, 2.24) is 25.2 Å². The van der Waals surface area contributed by atoms with Crippen molar-refractivity contribution < 1.29 is 24.2 Å². The number of carbonyl (C=O) groups excluding carboxylic acids is 2. The number of pyridine rings is 2. The highest BCUT2D eigenvalue weighted by Crippen LogP contribution is 2.41. The third kappa shape index (κ3) is 5.19. The normalized spacial score (nSPS) is 15.2. The van der Waals surface area contributed by atoms with E-state index < -0.39 is 5.97 Å². The van der Waals surface area contributed by atoms with Crippen molar-refractivity contribution in [3.8, 4) is 22.9 Å². The predicted octanol–water partition coefficient (Wildman–Crippen LogP) is 4.22. The summed E-state index contributed by atoms with van der Waals surface area (Å²) in [6.45, 7) is 1.96. The summed E-state index contributed by atoms with van der Waals surface area (Å²) in [6.07, 6.45) is 4.18. The lowest BCUT2D eigenvalue weighted by Crippen LogP contribution is -2.26. The number of likely N-dealkylation sites (tertiary alicyclic amines) is 1. The van der Waals surface area contributed by atoms with Crippen molar-refractivity contribution >= 4 is 28.7 Å². The summed E-state index contributed by atoms with van der Waals surface area (Å²) in [5, 5.41) is 12.2. The number of nitrogens with zero attached hydrogens (tertiary/aromatic N) is 3. The summed E-state index contributed by atoms with van der Waals surface area (Å²) in [7, 11) is 1.81. The van der Waals surface area contributed by atoms with Gasteiger partial charge in [0.05, 0.1) is 35.6 Å². The average Bonchev–Trinajstić information content (AvgIpc) is 3.47. The molecule has 0 bridgehead atoms. The lowest BCUT2D eigenvalue weighted by Gasteiger charge is -2.23. The van der Waals surface area contributed by atoms with Gasteiger partial charge >= 0.3 is 5.97 Å². The van der Waals surface area contributed by atoms with Gasteiger partial charge in [-0.05, 0) is 55.8 Å². The Kier molecular flexibility index (Phi) is 6.78. The monoisotopic (exact) mass is 513 g/mol. The smallest absolute Gasteiger partial charge is 0.305 e. The number of rotatable bonds is 8. The van der Waals surface area contributed by atoms with Crippen LogP contribution >= 0.6 is 0 Å². The molecule has 0 saturated carbocycles. The van der Waals surface area contributed by atoms with Crippen molar-refractivity contribution in [2.75, 3.05) is 13.6 Å². The number of aromatic nitrogens is 3. The number of hydrogen-bond acceptors (Lipinski definition) is 6. The van der Waals surface area contributed by atoms with Crippen LogP contribution in [0, 0.1) is 6.92 Å². The van der Waals surface area contributed by atoms with Crippen LogP contribution in [0.15, 0.2) is 54.9 Å². The van der Waals surface area contributed by atoms with Gasteiger partial charge in [0.15, 0.2) is 0 Å². The summed E-state index contributed by atoms with van der Waals surface area (Å²) < 4.78 is 6.26. The SMILES string of the molecule is Cc1ccc(Oc2cc3cc(-c4ccc(C(=O)NCCC(=O)O)cn4)[nH]c3cc2C2CCC(=O)N2C)cn1. The first kappa shape index (κ1) is 24.9. The molecular formula is C28H27N5O5. The minimum atomic E-state index is -0.976. The van der Waals surface area contributed by atoms with Crippen LogP contribution in [-0.4, -0.2) is 56.3 Å². The van der Waals surface area contributed by atoms with Crippen LogP contribution in [0.1, 0.15) is 46.9 Å². The largest absolute Gasteiger partial charge is 0.481 e. The zero-order valence-corrected chi connectivity index (χ0v) is 21.0. The Hall–Kier alpha value is -4.73. The Morgan fingerprint density at radius 3 is 2.66 bits per heavy atom. The molecule has 0 radical (unpaired) electrons. The topological polar surface area (TPSA) is 138 Å². The van der Waals surface area contributed by atoms with E-state index in [0.29, 0.717) is 35.6 Å². The van der Waals surface area contributed by atoms with Gasteiger partial charge in [-0.15, -0.1) is 0 Å². The summed E-state index contributed by atoms with van der Waals surface area (Å²) >= 11 is 0. The van der Waals surface area contributed by atoms with Crippen molar-refractivity contribution in [3.63, 3.8) is 0 Å². The number of aliphatic carboxylic acids is 1. The molecule has 1 aliphatic rings. The summed E-state index contributed by atoms with van der Waals surface area (Å²) in [5.41, 5.74) is 4.40. The van der Waals surface area contributed by atoms with Crippen LogP contribution < -0.4 is 10.1 Å². The van der Waals surface area contributed by atoms with Gasteiger partial charge in [0.1, 0.15) is 11.5 Å². The molecule has 10 nitrogen and oxygen atoms in total. The van der Waals surface area contributed by atoms with Gasteiger partial charge in [-0.1, -0.05) is 0 Å². The van der Waals surface area contributed by atoms with Gasteiger partial charge < -0.3 is 25.0 Å². The van der Waals surface area contributed by atoms with Gasteiger partial charge in [0.25, 0.3) is 5.91 Å². The van der Waals surface area contributed by atoms with E-state index in [1.54, 1.807) is 23.2 Å². The molecule has 3 aromatic heterocycles. The average molecular weight is 514 g/mol. The number of nitrogens with one attached hydrogen (secondary N) is 2. The molecule has 5 rings (SSSR count). The maximum Gasteiger partial charge on any atom is 0.305 e. The van der Waals surface area contributed by atoms with Crippen molar-refractivity contribution in [2.24, 2.45) is 0 Å². The number of amides is 2. The van der Waals surface area contributed by atoms with Gasteiger partial charge in [0.2, 0.25) is 5.91 Å². The summed E-state index contributed by atoms with van der Waals surface area (Å²) in [4.78, 5) is 49.1. The highest BCUT2D eigenvalue weighted by atomic mass is 16.5. The molecule has 0 spiro atoms. The van der Waals surface area contributed by atoms with E-state index in [1.807, 2.05) is 44.3 Å². The van der Waals surface area contributed by atoms with E-state index >= 15 is 0 Å². The number of benzene rings is 1. The number of carbonyl (C=O) groups is 3. The van der Waals surface area contributed by atoms with Gasteiger partial charge in [-0.2, -0.15) is 0 Å². The molecule has 1 aliphatic heterocycles. The molecule has 4 heterocycles. The molecule has 1 aromatic carbocycles. The highest BCUT2D eigenvalue weighted by Gasteiger charge is 2.31.